The number of benzene rings is 1. The number of amides is 1. The third-order valence-electron chi connectivity index (χ3n) is 3.32. The number of anilines is 1. The van der Waals surface area contributed by atoms with Crippen molar-refractivity contribution in [3.05, 3.63) is 64.7 Å². The fourth-order valence-electron chi connectivity index (χ4n) is 2.20. The van der Waals surface area contributed by atoms with Crippen molar-refractivity contribution in [2.24, 2.45) is 0 Å². The maximum atomic E-state index is 12.1. The molecule has 1 aromatic carbocycles. The van der Waals surface area contributed by atoms with Crippen molar-refractivity contribution in [2.75, 3.05) is 5.32 Å². The highest BCUT2D eigenvalue weighted by Crippen LogP contribution is 2.13. The van der Waals surface area contributed by atoms with E-state index in [1.54, 1.807) is 17.1 Å². The van der Waals surface area contributed by atoms with Crippen molar-refractivity contribution in [3.8, 4) is 0 Å². The van der Waals surface area contributed by atoms with E-state index in [9.17, 15) is 9.59 Å². The second kappa shape index (κ2) is 7.31. The highest BCUT2D eigenvalue weighted by atomic mass is 79.9. The molecule has 2 aromatic heterocycles. The van der Waals surface area contributed by atoms with Crippen LogP contribution in [0.15, 0.2) is 53.4 Å². The lowest BCUT2D eigenvalue weighted by Crippen LogP contribution is -2.14. The molecule has 0 saturated carbocycles. The molecule has 25 heavy (non-hydrogen) atoms. The summed E-state index contributed by atoms with van der Waals surface area (Å²) in [6.45, 7) is 0.286. The fourth-order valence-corrected chi connectivity index (χ4v) is 2.46. The molecule has 0 spiro atoms. The Morgan fingerprint density at radius 2 is 1.92 bits per heavy atom. The molecule has 8 nitrogen and oxygen atoms in total. The Balaban J connectivity index is 1.62. The summed E-state index contributed by atoms with van der Waals surface area (Å²) >= 11 is 3.39. The van der Waals surface area contributed by atoms with Gasteiger partial charge in [0.1, 0.15) is 6.54 Å². The van der Waals surface area contributed by atoms with Crippen LogP contribution in [-0.2, 0) is 17.9 Å². The first-order valence-electron chi connectivity index (χ1n) is 7.33. The van der Waals surface area contributed by atoms with Crippen LogP contribution in [0.25, 0.3) is 0 Å². The summed E-state index contributed by atoms with van der Waals surface area (Å²) in [7, 11) is 0. The molecule has 0 bridgehead atoms. The van der Waals surface area contributed by atoms with E-state index in [4.69, 9.17) is 5.11 Å². The number of hydrogen-bond donors (Lipinski definition) is 2. The zero-order chi connectivity index (χ0) is 17.8. The fraction of sp³-hybridized carbons (Fsp3) is 0.125. The van der Waals surface area contributed by atoms with Gasteiger partial charge in [-0.3, -0.25) is 19.0 Å². The summed E-state index contributed by atoms with van der Waals surface area (Å²) in [5.41, 5.74) is 1.76. The second-order valence-corrected chi connectivity index (χ2v) is 6.22. The number of rotatable bonds is 6. The van der Waals surface area contributed by atoms with E-state index < -0.39 is 11.9 Å². The molecule has 0 radical (unpaired) electrons. The van der Waals surface area contributed by atoms with Gasteiger partial charge in [0, 0.05) is 16.9 Å². The highest BCUT2D eigenvalue weighted by Gasteiger charge is 2.12. The number of aromatic nitrogens is 4. The van der Waals surface area contributed by atoms with E-state index in [-0.39, 0.29) is 12.2 Å². The van der Waals surface area contributed by atoms with Crippen molar-refractivity contribution < 1.29 is 14.7 Å². The van der Waals surface area contributed by atoms with E-state index in [1.165, 1.54) is 16.9 Å². The third-order valence-corrected chi connectivity index (χ3v) is 3.85. The minimum atomic E-state index is -1.02. The average Bonchev–Trinajstić information content (AvgIpc) is 3.19. The predicted molar refractivity (Wildman–Crippen MR) is 93.3 cm³/mol. The standard InChI is InChI=1S/C16H14BrN5O3/c17-12-3-1-11(2-4-12)8-22-9-13(7-18-22)19-16(25)14-5-6-21(20-14)10-15(23)24/h1-7,9H,8,10H2,(H,19,25)(H,23,24). The first-order valence-corrected chi connectivity index (χ1v) is 8.12. The summed E-state index contributed by atoms with van der Waals surface area (Å²) in [4.78, 5) is 22.8. The van der Waals surface area contributed by atoms with Gasteiger partial charge in [0.15, 0.2) is 5.69 Å². The Morgan fingerprint density at radius 3 is 2.64 bits per heavy atom. The number of carbonyl (C=O) groups is 2. The Hall–Kier alpha value is -2.94. The largest absolute Gasteiger partial charge is 0.480 e. The molecule has 0 aliphatic carbocycles. The molecule has 0 saturated heterocycles. The maximum Gasteiger partial charge on any atom is 0.325 e. The van der Waals surface area contributed by atoms with Gasteiger partial charge in [-0.15, -0.1) is 0 Å². The van der Waals surface area contributed by atoms with E-state index in [0.29, 0.717) is 12.2 Å². The van der Waals surface area contributed by atoms with Crippen molar-refractivity contribution >= 4 is 33.5 Å². The van der Waals surface area contributed by atoms with E-state index in [0.717, 1.165) is 10.0 Å². The topological polar surface area (TPSA) is 102 Å². The predicted octanol–water partition coefficient (Wildman–Crippen LogP) is 2.23. The van der Waals surface area contributed by atoms with Crippen LogP contribution in [0, 0.1) is 0 Å². The molecule has 2 heterocycles. The van der Waals surface area contributed by atoms with E-state index in [1.807, 2.05) is 24.3 Å². The quantitative estimate of drug-likeness (QED) is 0.656. The number of halogens is 1. The Labute approximate surface area is 151 Å². The van der Waals surface area contributed by atoms with Gasteiger partial charge in [-0.05, 0) is 23.8 Å². The number of hydrogen-bond acceptors (Lipinski definition) is 4. The van der Waals surface area contributed by atoms with Crippen molar-refractivity contribution in [3.63, 3.8) is 0 Å². The number of carboxylic acid groups (broad SMARTS) is 1. The van der Waals surface area contributed by atoms with E-state index >= 15 is 0 Å². The van der Waals surface area contributed by atoms with Gasteiger partial charge >= 0.3 is 5.97 Å². The molecular weight excluding hydrogens is 390 g/mol. The lowest BCUT2D eigenvalue weighted by Gasteiger charge is -2.02. The molecular formula is C16H14BrN5O3. The number of nitrogens with zero attached hydrogens (tertiary/aromatic N) is 4. The van der Waals surface area contributed by atoms with Crippen LogP contribution in [0.5, 0.6) is 0 Å². The van der Waals surface area contributed by atoms with E-state index in [2.05, 4.69) is 31.4 Å². The van der Waals surface area contributed by atoms with Gasteiger partial charge in [-0.25, -0.2) is 0 Å². The molecule has 0 unspecified atom stereocenters. The van der Waals surface area contributed by atoms with Gasteiger partial charge < -0.3 is 10.4 Å². The normalized spacial score (nSPS) is 10.6. The highest BCUT2D eigenvalue weighted by molar-refractivity contribution is 9.10. The molecule has 9 heteroatoms. The molecule has 1 amide bonds. The monoisotopic (exact) mass is 403 g/mol. The van der Waals surface area contributed by atoms with Crippen molar-refractivity contribution in [2.45, 2.75) is 13.1 Å². The summed E-state index contributed by atoms with van der Waals surface area (Å²) in [5.74, 6) is -1.45. The molecule has 3 aromatic rings. The average molecular weight is 404 g/mol. The number of carboxylic acids is 1. The Morgan fingerprint density at radius 1 is 1.16 bits per heavy atom. The molecule has 128 valence electrons. The van der Waals surface area contributed by atoms with Crippen LogP contribution >= 0.6 is 15.9 Å². The second-order valence-electron chi connectivity index (χ2n) is 5.30. The van der Waals surface area contributed by atoms with Gasteiger partial charge in [0.2, 0.25) is 0 Å². The first-order chi connectivity index (χ1) is 12.0. The Kier molecular flexibility index (Phi) is 4.94. The van der Waals surface area contributed by atoms with Crippen LogP contribution in [0.2, 0.25) is 0 Å². The van der Waals surface area contributed by atoms with Crippen molar-refractivity contribution in [1.29, 1.82) is 0 Å². The van der Waals surface area contributed by atoms with Crippen molar-refractivity contribution in [1.82, 2.24) is 19.6 Å². The lowest BCUT2D eigenvalue weighted by atomic mass is 10.2. The summed E-state index contributed by atoms with van der Waals surface area (Å²) < 4.78 is 3.91. The smallest absolute Gasteiger partial charge is 0.325 e. The first kappa shape index (κ1) is 16.9. The SMILES string of the molecule is O=C(O)Cn1ccc(C(=O)Nc2cnn(Cc3ccc(Br)cc3)c2)n1. The minimum Gasteiger partial charge on any atom is -0.480 e. The lowest BCUT2D eigenvalue weighted by molar-refractivity contribution is -0.137. The van der Waals surface area contributed by atoms with Gasteiger partial charge in [-0.1, -0.05) is 28.1 Å². The third kappa shape index (κ3) is 4.54. The minimum absolute atomic E-state index is 0.141. The zero-order valence-corrected chi connectivity index (χ0v) is 14.5. The van der Waals surface area contributed by atoms with Gasteiger partial charge in [0.25, 0.3) is 5.91 Å². The number of carbonyl (C=O) groups excluding carboxylic acids is 1. The van der Waals surface area contributed by atoms with Crippen LogP contribution in [-0.4, -0.2) is 36.5 Å². The molecule has 0 aliphatic heterocycles. The summed E-state index contributed by atoms with van der Waals surface area (Å²) in [6, 6.07) is 9.34. The zero-order valence-electron chi connectivity index (χ0n) is 13.0. The molecule has 0 atom stereocenters. The van der Waals surface area contributed by atoms with Crippen LogP contribution in [0.3, 0.4) is 0 Å². The van der Waals surface area contributed by atoms with Crippen LogP contribution in [0.1, 0.15) is 16.1 Å². The maximum absolute atomic E-state index is 12.1. The molecule has 3 rings (SSSR count). The Bertz CT molecular complexity index is 901. The molecule has 0 fully saturated rings. The van der Waals surface area contributed by atoms with Gasteiger partial charge in [-0.2, -0.15) is 10.2 Å². The number of aliphatic carboxylic acids is 1. The molecule has 0 aliphatic rings. The van der Waals surface area contributed by atoms with Gasteiger partial charge in [0.05, 0.1) is 18.4 Å². The summed E-state index contributed by atoms with van der Waals surface area (Å²) in [5, 5.41) is 19.5. The molecule has 2 N–H and O–H groups in total. The summed E-state index contributed by atoms with van der Waals surface area (Å²) in [6.07, 6.45) is 4.71. The number of nitrogens with one attached hydrogen (secondary N) is 1. The van der Waals surface area contributed by atoms with Crippen LogP contribution in [0.4, 0.5) is 5.69 Å². The van der Waals surface area contributed by atoms with Crippen LogP contribution < -0.4 is 5.32 Å².